The van der Waals surface area contributed by atoms with Gasteiger partial charge in [-0.3, -0.25) is 4.79 Å². The van der Waals surface area contributed by atoms with Crippen molar-refractivity contribution in [3.63, 3.8) is 0 Å². The molecule has 0 N–H and O–H groups in total. The van der Waals surface area contributed by atoms with Crippen molar-refractivity contribution >= 4 is 5.97 Å². The van der Waals surface area contributed by atoms with Crippen LogP contribution in [0.1, 0.15) is 79.6 Å². The van der Waals surface area contributed by atoms with E-state index in [1.807, 2.05) is 20.8 Å². The third-order valence-electron chi connectivity index (χ3n) is 4.63. The summed E-state index contributed by atoms with van der Waals surface area (Å²) in [6.45, 7) is 10.2. The normalized spacial score (nSPS) is 19.4. The van der Waals surface area contributed by atoms with Gasteiger partial charge < -0.3 is 4.74 Å². The molecule has 1 rings (SSSR count). The lowest BCUT2D eigenvalue weighted by molar-refractivity contribution is -0.173. The Balaban J connectivity index is 2.65. The lowest BCUT2D eigenvalue weighted by Crippen LogP contribution is -2.40. The van der Waals surface area contributed by atoms with Gasteiger partial charge in [0.2, 0.25) is 0 Å². The van der Waals surface area contributed by atoms with Gasteiger partial charge in [0, 0.05) is 0 Å². The van der Waals surface area contributed by atoms with Crippen molar-refractivity contribution in [2.24, 2.45) is 11.3 Å². The SMILES string of the molecule is CCC(C)(C)C(=O)OC(C)(C)C1CCCCCC1. The van der Waals surface area contributed by atoms with E-state index in [1.54, 1.807) is 0 Å². The summed E-state index contributed by atoms with van der Waals surface area (Å²) >= 11 is 0. The molecule has 0 aromatic rings. The zero-order valence-electron chi connectivity index (χ0n) is 12.8. The first-order valence-corrected chi connectivity index (χ1v) is 7.53. The summed E-state index contributed by atoms with van der Waals surface area (Å²) < 4.78 is 5.85. The van der Waals surface area contributed by atoms with Crippen LogP contribution in [0.25, 0.3) is 0 Å². The number of esters is 1. The minimum Gasteiger partial charge on any atom is -0.459 e. The summed E-state index contributed by atoms with van der Waals surface area (Å²) in [6, 6.07) is 0. The third-order valence-corrected chi connectivity index (χ3v) is 4.63. The van der Waals surface area contributed by atoms with E-state index >= 15 is 0 Å². The van der Waals surface area contributed by atoms with E-state index in [0.29, 0.717) is 5.92 Å². The first-order valence-electron chi connectivity index (χ1n) is 7.53. The van der Waals surface area contributed by atoms with Crippen LogP contribution in [-0.4, -0.2) is 11.6 Å². The van der Waals surface area contributed by atoms with Crippen LogP contribution in [0.2, 0.25) is 0 Å². The van der Waals surface area contributed by atoms with Crippen LogP contribution in [0.15, 0.2) is 0 Å². The monoisotopic (exact) mass is 254 g/mol. The van der Waals surface area contributed by atoms with Gasteiger partial charge in [-0.1, -0.05) is 32.6 Å². The van der Waals surface area contributed by atoms with Crippen LogP contribution < -0.4 is 0 Å². The average molecular weight is 254 g/mol. The molecule has 0 spiro atoms. The topological polar surface area (TPSA) is 26.3 Å². The molecule has 0 aliphatic heterocycles. The summed E-state index contributed by atoms with van der Waals surface area (Å²) in [5, 5.41) is 0. The molecule has 0 unspecified atom stereocenters. The summed E-state index contributed by atoms with van der Waals surface area (Å²) in [5.41, 5.74) is -0.671. The number of carbonyl (C=O) groups is 1. The van der Waals surface area contributed by atoms with Crippen molar-refractivity contribution in [3.05, 3.63) is 0 Å². The van der Waals surface area contributed by atoms with Gasteiger partial charge in [0.05, 0.1) is 5.41 Å². The average Bonchev–Trinajstić information content (AvgIpc) is 2.57. The fourth-order valence-corrected chi connectivity index (χ4v) is 2.58. The number of hydrogen-bond acceptors (Lipinski definition) is 2. The molecule has 0 bridgehead atoms. The van der Waals surface area contributed by atoms with E-state index in [9.17, 15) is 4.79 Å². The number of carbonyl (C=O) groups excluding carboxylic acids is 1. The summed E-state index contributed by atoms with van der Waals surface area (Å²) in [7, 11) is 0. The van der Waals surface area contributed by atoms with Crippen LogP contribution in [0.4, 0.5) is 0 Å². The maximum Gasteiger partial charge on any atom is 0.312 e. The van der Waals surface area contributed by atoms with Gasteiger partial charge in [0.25, 0.3) is 0 Å². The second kappa shape index (κ2) is 6.08. The zero-order valence-corrected chi connectivity index (χ0v) is 12.8. The molecule has 0 aromatic heterocycles. The van der Waals surface area contributed by atoms with Crippen LogP contribution in [0, 0.1) is 11.3 Å². The molecular weight excluding hydrogens is 224 g/mol. The highest BCUT2D eigenvalue weighted by molar-refractivity contribution is 5.76. The molecular formula is C16H30O2. The quantitative estimate of drug-likeness (QED) is 0.536. The lowest BCUT2D eigenvalue weighted by Gasteiger charge is -2.36. The lowest BCUT2D eigenvalue weighted by atomic mass is 9.83. The van der Waals surface area contributed by atoms with E-state index in [1.165, 1.54) is 38.5 Å². The third kappa shape index (κ3) is 4.00. The van der Waals surface area contributed by atoms with Gasteiger partial charge in [-0.05, 0) is 52.9 Å². The van der Waals surface area contributed by atoms with E-state index in [4.69, 9.17) is 4.74 Å². The van der Waals surface area contributed by atoms with Gasteiger partial charge >= 0.3 is 5.97 Å². The smallest absolute Gasteiger partial charge is 0.312 e. The molecule has 2 nitrogen and oxygen atoms in total. The minimum absolute atomic E-state index is 0.0424. The minimum atomic E-state index is -0.359. The molecule has 0 amide bonds. The van der Waals surface area contributed by atoms with E-state index in [-0.39, 0.29) is 17.0 Å². The molecule has 0 atom stereocenters. The molecule has 1 fully saturated rings. The van der Waals surface area contributed by atoms with Crippen molar-refractivity contribution in [1.82, 2.24) is 0 Å². The first-order chi connectivity index (χ1) is 8.29. The maximum atomic E-state index is 12.2. The van der Waals surface area contributed by atoms with Crippen molar-refractivity contribution in [2.45, 2.75) is 85.2 Å². The van der Waals surface area contributed by atoms with Crippen LogP contribution in [0.3, 0.4) is 0 Å². The summed E-state index contributed by atoms with van der Waals surface area (Å²) in [4.78, 5) is 12.2. The van der Waals surface area contributed by atoms with Crippen LogP contribution in [-0.2, 0) is 9.53 Å². The molecule has 106 valence electrons. The van der Waals surface area contributed by atoms with Crippen molar-refractivity contribution < 1.29 is 9.53 Å². The van der Waals surface area contributed by atoms with E-state index < -0.39 is 0 Å². The van der Waals surface area contributed by atoms with E-state index in [0.717, 1.165) is 6.42 Å². The molecule has 2 heteroatoms. The van der Waals surface area contributed by atoms with Gasteiger partial charge in [0.15, 0.2) is 0 Å². The highest BCUT2D eigenvalue weighted by atomic mass is 16.6. The zero-order chi connectivity index (χ0) is 13.8. The fraction of sp³-hybridized carbons (Fsp3) is 0.938. The highest BCUT2D eigenvalue weighted by Crippen LogP contribution is 2.35. The first kappa shape index (κ1) is 15.5. The Labute approximate surface area is 112 Å². The predicted octanol–water partition coefficient (Wildman–Crippen LogP) is 4.71. The standard InChI is InChI=1S/C16H30O2/c1-6-15(2,3)14(17)18-16(4,5)13-11-9-7-8-10-12-13/h13H,6-12H2,1-5H3. The van der Waals surface area contributed by atoms with Crippen LogP contribution in [0.5, 0.6) is 0 Å². The maximum absolute atomic E-state index is 12.2. The molecule has 0 heterocycles. The second-order valence-corrected chi connectivity index (χ2v) is 6.92. The van der Waals surface area contributed by atoms with Crippen LogP contribution >= 0.6 is 0 Å². The molecule has 18 heavy (non-hydrogen) atoms. The van der Waals surface area contributed by atoms with Gasteiger partial charge in [0.1, 0.15) is 5.60 Å². The Hall–Kier alpha value is -0.530. The Kier molecular flexibility index (Phi) is 5.24. The Morgan fingerprint density at radius 2 is 1.56 bits per heavy atom. The Morgan fingerprint density at radius 1 is 1.06 bits per heavy atom. The Morgan fingerprint density at radius 3 is 2.00 bits per heavy atom. The fourth-order valence-electron chi connectivity index (χ4n) is 2.58. The summed E-state index contributed by atoms with van der Waals surface area (Å²) in [6.07, 6.45) is 8.46. The number of hydrogen-bond donors (Lipinski definition) is 0. The van der Waals surface area contributed by atoms with Crippen molar-refractivity contribution in [3.8, 4) is 0 Å². The molecule has 1 aliphatic carbocycles. The van der Waals surface area contributed by atoms with Crippen molar-refractivity contribution in [1.29, 1.82) is 0 Å². The largest absolute Gasteiger partial charge is 0.459 e. The van der Waals surface area contributed by atoms with Gasteiger partial charge in [-0.15, -0.1) is 0 Å². The van der Waals surface area contributed by atoms with Crippen molar-refractivity contribution in [2.75, 3.05) is 0 Å². The molecule has 0 aromatic carbocycles. The molecule has 1 saturated carbocycles. The van der Waals surface area contributed by atoms with Gasteiger partial charge in [-0.25, -0.2) is 0 Å². The highest BCUT2D eigenvalue weighted by Gasteiger charge is 2.37. The van der Waals surface area contributed by atoms with Gasteiger partial charge in [-0.2, -0.15) is 0 Å². The predicted molar refractivity (Wildman–Crippen MR) is 75.4 cm³/mol. The summed E-state index contributed by atoms with van der Waals surface area (Å²) in [5.74, 6) is 0.482. The molecule has 0 saturated heterocycles. The second-order valence-electron chi connectivity index (χ2n) is 6.92. The Bertz CT molecular complexity index is 271. The molecule has 0 radical (unpaired) electrons. The number of rotatable bonds is 4. The molecule has 1 aliphatic rings. The van der Waals surface area contributed by atoms with E-state index in [2.05, 4.69) is 13.8 Å². The number of ether oxygens (including phenoxy) is 1.